The number of sulfone groups is 1. The summed E-state index contributed by atoms with van der Waals surface area (Å²) in [6.07, 6.45) is 1.89. The molecule has 19 heavy (non-hydrogen) atoms. The Morgan fingerprint density at radius 1 is 1.37 bits per heavy atom. The molecule has 1 heterocycles. The lowest BCUT2D eigenvalue weighted by Gasteiger charge is -2.27. The van der Waals surface area contributed by atoms with Crippen molar-refractivity contribution in [2.75, 3.05) is 6.26 Å². The minimum Gasteiger partial charge on any atom is -0.241 e. The molecule has 6 heteroatoms. The average molecular weight is 362 g/mol. The van der Waals surface area contributed by atoms with Crippen molar-refractivity contribution in [3.8, 4) is 0 Å². The van der Waals surface area contributed by atoms with Gasteiger partial charge in [-0.3, -0.25) is 0 Å². The molecule has 1 unspecified atom stereocenters. The highest BCUT2D eigenvalue weighted by molar-refractivity contribution is 9.09. The summed E-state index contributed by atoms with van der Waals surface area (Å²) < 4.78 is 23.9. The first kappa shape index (κ1) is 14.9. The van der Waals surface area contributed by atoms with E-state index in [2.05, 4.69) is 20.9 Å². The molecule has 1 atom stereocenters. The zero-order chi connectivity index (χ0) is 14.3. The molecular formula is C13H16BrNO2S2. The van der Waals surface area contributed by atoms with E-state index in [0.717, 1.165) is 15.2 Å². The molecule has 2 rings (SSSR count). The van der Waals surface area contributed by atoms with Crippen LogP contribution in [0.15, 0.2) is 24.3 Å². The van der Waals surface area contributed by atoms with Crippen LogP contribution in [-0.4, -0.2) is 29.2 Å². The van der Waals surface area contributed by atoms with E-state index >= 15 is 0 Å². The zero-order valence-corrected chi connectivity index (χ0v) is 14.3. The molecule has 0 aliphatic rings. The number of para-hydroxylation sites is 1. The van der Waals surface area contributed by atoms with Crippen LogP contribution >= 0.6 is 27.3 Å². The lowest BCUT2D eigenvalue weighted by molar-refractivity contribution is 0.542. The number of rotatable bonds is 4. The number of aromatic nitrogens is 1. The predicted octanol–water partition coefficient (Wildman–Crippen LogP) is 3.43. The summed E-state index contributed by atoms with van der Waals surface area (Å²) in [5.41, 5.74) is 0.972. The fraction of sp³-hybridized carbons (Fsp3) is 0.462. The van der Waals surface area contributed by atoms with Crippen LogP contribution in [0.2, 0.25) is 0 Å². The highest BCUT2D eigenvalue weighted by atomic mass is 79.9. The molecule has 0 N–H and O–H groups in total. The van der Waals surface area contributed by atoms with Crippen molar-refractivity contribution in [3.63, 3.8) is 0 Å². The minimum absolute atomic E-state index is 0.157. The summed E-state index contributed by atoms with van der Waals surface area (Å²) >= 11 is 5.13. The van der Waals surface area contributed by atoms with Crippen LogP contribution in [0.3, 0.4) is 0 Å². The molecule has 1 aromatic heterocycles. The van der Waals surface area contributed by atoms with Gasteiger partial charge in [0.15, 0.2) is 9.84 Å². The van der Waals surface area contributed by atoms with Gasteiger partial charge in [-0.2, -0.15) is 0 Å². The third-order valence-electron chi connectivity index (χ3n) is 3.40. The maximum absolute atomic E-state index is 11.8. The molecule has 0 aliphatic heterocycles. The number of nitrogens with zero attached hydrogens (tertiary/aromatic N) is 1. The molecule has 2 aromatic rings. The maximum atomic E-state index is 11.8. The van der Waals surface area contributed by atoms with Gasteiger partial charge in [0, 0.05) is 17.5 Å². The standard InChI is InChI=1S/C13H16BrNO2S2/c1-13(2,19(3,16)17)11(14)8-12-15-9-6-4-5-7-10(9)18-12/h4-7,11H,8H2,1-3H3. The molecular weight excluding hydrogens is 346 g/mol. The summed E-state index contributed by atoms with van der Waals surface area (Å²) in [5, 5.41) is 0.958. The summed E-state index contributed by atoms with van der Waals surface area (Å²) in [6.45, 7) is 3.49. The maximum Gasteiger partial charge on any atom is 0.153 e. The normalized spacial score (nSPS) is 14.7. The van der Waals surface area contributed by atoms with Crippen molar-refractivity contribution in [3.05, 3.63) is 29.3 Å². The van der Waals surface area contributed by atoms with Crippen LogP contribution in [0.25, 0.3) is 10.2 Å². The molecule has 104 valence electrons. The largest absolute Gasteiger partial charge is 0.241 e. The third-order valence-corrected chi connectivity index (χ3v) is 8.43. The molecule has 0 spiro atoms. The SMILES string of the molecule is CC(C)(C(Br)Cc1nc2ccccc2s1)S(C)(=O)=O. The molecule has 0 amide bonds. The Kier molecular flexibility index (Phi) is 4.05. The van der Waals surface area contributed by atoms with Crippen LogP contribution in [0, 0.1) is 0 Å². The second kappa shape index (κ2) is 5.14. The first-order chi connectivity index (χ1) is 8.72. The van der Waals surface area contributed by atoms with Crippen LogP contribution in [0.1, 0.15) is 18.9 Å². The van der Waals surface area contributed by atoms with E-state index in [0.29, 0.717) is 6.42 Å². The van der Waals surface area contributed by atoms with Crippen molar-refractivity contribution in [1.29, 1.82) is 0 Å². The summed E-state index contributed by atoms with van der Waals surface area (Å²) in [5.74, 6) is 0. The number of benzene rings is 1. The van der Waals surface area contributed by atoms with Crippen molar-refractivity contribution in [2.45, 2.75) is 29.8 Å². The van der Waals surface area contributed by atoms with Gasteiger partial charge < -0.3 is 0 Å². The molecule has 0 fully saturated rings. The van der Waals surface area contributed by atoms with E-state index in [1.54, 1.807) is 25.2 Å². The lowest BCUT2D eigenvalue weighted by Crippen LogP contribution is -2.41. The number of hydrogen-bond donors (Lipinski definition) is 0. The van der Waals surface area contributed by atoms with Gasteiger partial charge in [0.2, 0.25) is 0 Å². The van der Waals surface area contributed by atoms with Gasteiger partial charge in [0.1, 0.15) is 0 Å². The molecule has 0 saturated heterocycles. The Balaban J connectivity index is 2.26. The second-order valence-electron chi connectivity index (χ2n) is 5.12. The van der Waals surface area contributed by atoms with E-state index in [4.69, 9.17) is 0 Å². The first-order valence-electron chi connectivity index (χ1n) is 5.90. The molecule has 0 aliphatic carbocycles. The number of thiazole rings is 1. The van der Waals surface area contributed by atoms with E-state index in [1.807, 2.05) is 24.3 Å². The summed E-state index contributed by atoms with van der Waals surface area (Å²) in [6, 6.07) is 7.94. The summed E-state index contributed by atoms with van der Waals surface area (Å²) in [4.78, 5) is 4.39. The molecule has 0 saturated carbocycles. The van der Waals surface area contributed by atoms with Gasteiger partial charge in [-0.1, -0.05) is 28.1 Å². The third kappa shape index (κ3) is 3.01. The number of hydrogen-bond acceptors (Lipinski definition) is 4. The van der Waals surface area contributed by atoms with Crippen molar-refractivity contribution in [2.24, 2.45) is 0 Å². The summed E-state index contributed by atoms with van der Waals surface area (Å²) in [7, 11) is -3.12. The fourth-order valence-electron chi connectivity index (χ4n) is 1.64. The van der Waals surface area contributed by atoms with Gasteiger partial charge in [-0.15, -0.1) is 11.3 Å². The highest BCUT2D eigenvalue weighted by Crippen LogP contribution is 2.31. The minimum atomic E-state index is -3.12. The smallest absolute Gasteiger partial charge is 0.153 e. The average Bonchev–Trinajstić information content (AvgIpc) is 2.69. The molecule has 1 aromatic carbocycles. The van der Waals surface area contributed by atoms with Gasteiger partial charge in [0.25, 0.3) is 0 Å². The number of halogens is 1. The molecule has 3 nitrogen and oxygen atoms in total. The highest BCUT2D eigenvalue weighted by Gasteiger charge is 2.37. The first-order valence-corrected chi connectivity index (χ1v) is 9.52. The predicted molar refractivity (Wildman–Crippen MR) is 85.0 cm³/mol. The topological polar surface area (TPSA) is 47.0 Å². The van der Waals surface area contributed by atoms with E-state index in [9.17, 15) is 8.42 Å². The Bertz CT molecular complexity index is 658. The Hall–Kier alpha value is -0.460. The second-order valence-corrected chi connectivity index (χ2v) is 9.94. The number of alkyl halides is 1. The van der Waals surface area contributed by atoms with Crippen molar-refractivity contribution < 1.29 is 8.42 Å². The van der Waals surface area contributed by atoms with Gasteiger partial charge in [-0.05, 0) is 26.0 Å². The van der Waals surface area contributed by atoms with Crippen molar-refractivity contribution in [1.82, 2.24) is 4.98 Å². The van der Waals surface area contributed by atoms with Gasteiger partial charge in [0.05, 0.1) is 20.0 Å². The van der Waals surface area contributed by atoms with Crippen LogP contribution < -0.4 is 0 Å². The molecule has 0 bridgehead atoms. The Morgan fingerprint density at radius 3 is 2.58 bits per heavy atom. The van der Waals surface area contributed by atoms with Crippen LogP contribution in [-0.2, 0) is 16.3 Å². The fourth-order valence-corrected chi connectivity index (χ4v) is 4.74. The zero-order valence-electron chi connectivity index (χ0n) is 11.1. The van der Waals surface area contributed by atoms with Crippen LogP contribution in [0.4, 0.5) is 0 Å². The van der Waals surface area contributed by atoms with Gasteiger partial charge >= 0.3 is 0 Å². The van der Waals surface area contributed by atoms with E-state index in [1.165, 1.54) is 6.26 Å². The quantitative estimate of drug-likeness (QED) is 0.783. The van der Waals surface area contributed by atoms with Crippen LogP contribution in [0.5, 0.6) is 0 Å². The lowest BCUT2D eigenvalue weighted by atomic mass is 10.1. The van der Waals surface area contributed by atoms with E-state index in [-0.39, 0.29) is 4.83 Å². The van der Waals surface area contributed by atoms with E-state index < -0.39 is 14.6 Å². The molecule has 0 radical (unpaired) electrons. The van der Waals surface area contributed by atoms with Gasteiger partial charge in [-0.25, -0.2) is 13.4 Å². The Morgan fingerprint density at radius 2 is 2.00 bits per heavy atom. The number of fused-ring (bicyclic) bond motifs is 1. The Labute approximate surface area is 126 Å². The van der Waals surface area contributed by atoms with Crippen molar-refractivity contribution >= 4 is 47.3 Å². The monoisotopic (exact) mass is 361 g/mol.